The van der Waals surface area contributed by atoms with Crippen LogP contribution in [0.5, 0.6) is 0 Å². The maximum atomic E-state index is 11.8. The van der Waals surface area contributed by atoms with Crippen LogP contribution in [0.15, 0.2) is 29.0 Å². The third-order valence-electron chi connectivity index (χ3n) is 3.49. The minimum atomic E-state index is -0.805. The van der Waals surface area contributed by atoms with E-state index in [1.807, 2.05) is 11.4 Å². The minimum absolute atomic E-state index is 0.0821. The summed E-state index contributed by atoms with van der Waals surface area (Å²) in [5.74, 6) is -0.359. The predicted molar refractivity (Wildman–Crippen MR) is 83.5 cm³/mol. The fourth-order valence-corrected chi connectivity index (χ4v) is 4.46. The Morgan fingerprint density at radius 2 is 2.19 bits per heavy atom. The highest BCUT2D eigenvalue weighted by molar-refractivity contribution is 7.10. The quantitative estimate of drug-likeness (QED) is 0.907. The minimum Gasteiger partial charge on any atom is -0.351 e. The Kier molecular flexibility index (Phi) is 4.05. The van der Waals surface area contributed by atoms with E-state index >= 15 is 0 Å². The lowest BCUT2D eigenvalue weighted by Gasteiger charge is -2.34. The second-order valence-electron chi connectivity index (χ2n) is 4.85. The van der Waals surface area contributed by atoms with Crippen LogP contribution in [0, 0.1) is 0 Å². The van der Waals surface area contributed by atoms with Crippen molar-refractivity contribution in [3.8, 4) is 0 Å². The van der Waals surface area contributed by atoms with Crippen LogP contribution in [0.25, 0.3) is 0 Å². The summed E-state index contributed by atoms with van der Waals surface area (Å²) in [4.78, 5) is 27.3. The van der Waals surface area contributed by atoms with Gasteiger partial charge in [-0.15, -0.1) is 22.7 Å². The van der Waals surface area contributed by atoms with Crippen molar-refractivity contribution in [1.82, 2.24) is 10.2 Å². The van der Waals surface area contributed by atoms with Crippen LogP contribution in [0.1, 0.15) is 21.4 Å². The van der Waals surface area contributed by atoms with Gasteiger partial charge in [-0.05, 0) is 34.9 Å². The Morgan fingerprint density at radius 1 is 1.33 bits per heavy atom. The molecule has 110 valence electrons. The zero-order valence-corrected chi connectivity index (χ0v) is 12.9. The molecule has 3 N–H and O–H groups in total. The largest absolute Gasteiger partial charge is 0.351 e. The first-order valence-electron chi connectivity index (χ1n) is 6.58. The molecule has 0 radical (unpaired) electrons. The van der Waals surface area contributed by atoms with E-state index in [1.165, 1.54) is 15.3 Å². The summed E-state index contributed by atoms with van der Waals surface area (Å²) in [6.07, 6.45) is 0.929. The normalized spacial score (nSPS) is 18.2. The smallest absolute Gasteiger partial charge is 0.318 e. The summed E-state index contributed by atoms with van der Waals surface area (Å²) >= 11 is 3.44. The number of nitrogens with zero attached hydrogens (tertiary/aromatic N) is 1. The highest BCUT2D eigenvalue weighted by Crippen LogP contribution is 2.39. The van der Waals surface area contributed by atoms with Gasteiger partial charge in [0.1, 0.15) is 0 Å². The van der Waals surface area contributed by atoms with Crippen molar-refractivity contribution in [2.45, 2.75) is 12.5 Å². The number of carbonyl (C=O) groups is 2. The summed E-state index contributed by atoms with van der Waals surface area (Å²) in [5.41, 5.74) is 6.27. The molecule has 21 heavy (non-hydrogen) atoms. The fraction of sp³-hybridized carbons (Fsp3) is 0.286. The number of nitrogens with two attached hydrogens (primary N) is 1. The van der Waals surface area contributed by atoms with Gasteiger partial charge < -0.3 is 5.73 Å². The number of primary amides is 1. The zero-order valence-electron chi connectivity index (χ0n) is 11.2. The van der Waals surface area contributed by atoms with E-state index < -0.39 is 6.03 Å². The van der Waals surface area contributed by atoms with Crippen LogP contribution >= 0.6 is 22.7 Å². The van der Waals surface area contributed by atoms with Crippen molar-refractivity contribution < 1.29 is 9.59 Å². The van der Waals surface area contributed by atoms with Gasteiger partial charge in [0.25, 0.3) is 0 Å². The molecular formula is C14H15N3O2S2. The van der Waals surface area contributed by atoms with Crippen molar-refractivity contribution >= 4 is 34.6 Å². The van der Waals surface area contributed by atoms with Crippen molar-refractivity contribution in [2.75, 3.05) is 13.1 Å². The molecule has 5 nitrogen and oxygen atoms in total. The van der Waals surface area contributed by atoms with E-state index in [1.54, 1.807) is 22.7 Å². The van der Waals surface area contributed by atoms with Crippen LogP contribution in [-0.2, 0) is 11.2 Å². The van der Waals surface area contributed by atoms with E-state index in [4.69, 9.17) is 5.73 Å². The topological polar surface area (TPSA) is 75.4 Å². The third-order valence-corrected chi connectivity index (χ3v) is 5.41. The van der Waals surface area contributed by atoms with Crippen LogP contribution in [0.4, 0.5) is 4.79 Å². The second kappa shape index (κ2) is 5.97. The number of hydrogen-bond acceptors (Lipinski definition) is 5. The monoisotopic (exact) mass is 321 g/mol. The van der Waals surface area contributed by atoms with Crippen LogP contribution in [-0.4, -0.2) is 29.9 Å². The fourth-order valence-electron chi connectivity index (χ4n) is 2.68. The maximum Gasteiger partial charge on any atom is 0.318 e. The molecule has 0 unspecified atom stereocenters. The summed E-state index contributed by atoms with van der Waals surface area (Å²) in [7, 11) is 0. The van der Waals surface area contributed by atoms with Crippen LogP contribution in [0.3, 0.4) is 0 Å². The van der Waals surface area contributed by atoms with Gasteiger partial charge in [0, 0.05) is 16.3 Å². The number of fused-ring (bicyclic) bond motifs is 1. The first-order chi connectivity index (χ1) is 10.1. The van der Waals surface area contributed by atoms with Gasteiger partial charge in [0.2, 0.25) is 5.91 Å². The molecule has 0 saturated heterocycles. The van der Waals surface area contributed by atoms with Crippen molar-refractivity contribution in [1.29, 1.82) is 0 Å². The number of carbonyl (C=O) groups excluding carboxylic acids is 2. The van der Waals surface area contributed by atoms with Gasteiger partial charge in [-0.1, -0.05) is 6.07 Å². The lowest BCUT2D eigenvalue weighted by Crippen LogP contribution is -2.45. The van der Waals surface area contributed by atoms with Gasteiger partial charge in [-0.3, -0.25) is 15.0 Å². The first kappa shape index (κ1) is 14.2. The lowest BCUT2D eigenvalue weighted by molar-refractivity contribution is -0.121. The van der Waals surface area contributed by atoms with Crippen molar-refractivity contribution in [2.24, 2.45) is 5.73 Å². The lowest BCUT2D eigenvalue weighted by atomic mass is 9.98. The average Bonchev–Trinajstić information content (AvgIpc) is 3.07. The molecule has 3 heterocycles. The Bertz CT molecular complexity index is 651. The molecule has 1 atom stereocenters. The molecule has 1 aliphatic heterocycles. The number of urea groups is 1. The molecule has 3 rings (SSSR count). The molecule has 0 aromatic carbocycles. The molecule has 0 fully saturated rings. The maximum absolute atomic E-state index is 11.8. The zero-order chi connectivity index (χ0) is 14.8. The van der Waals surface area contributed by atoms with E-state index in [0.717, 1.165) is 13.0 Å². The molecule has 0 saturated carbocycles. The highest BCUT2D eigenvalue weighted by atomic mass is 32.1. The van der Waals surface area contributed by atoms with Gasteiger partial charge in [-0.2, -0.15) is 0 Å². The van der Waals surface area contributed by atoms with E-state index in [0.29, 0.717) is 0 Å². The van der Waals surface area contributed by atoms with Crippen molar-refractivity contribution in [3.63, 3.8) is 0 Å². The SMILES string of the molecule is NC(=O)NC(=O)CN1CCc2sccc2[C@@H]1c1cccs1. The van der Waals surface area contributed by atoms with Gasteiger partial charge >= 0.3 is 6.03 Å². The summed E-state index contributed by atoms with van der Waals surface area (Å²) in [6, 6.07) is 5.51. The highest BCUT2D eigenvalue weighted by Gasteiger charge is 2.31. The molecule has 3 amide bonds. The number of thiophene rings is 2. The Labute approximate surface area is 130 Å². The van der Waals surface area contributed by atoms with Crippen LogP contribution < -0.4 is 11.1 Å². The molecule has 1 aliphatic rings. The first-order valence-corrected chi connectivity index (χ1v) is 8.34. The van der Waals surface area contributed by atoms with Gasteiger partial charge in [0.15, 0.2) is 0 Å². The van der Waals surface area contributed by atoms with Crippen LogP contribution in [0.2, 0.25) is 0 Å². The Hall–Kier alpha value is -1.70. The van der Waals surface area contributed by atoms with E-state index in [2.05, 4.69) is 27.7 Å². The molecule has 7 heteroatoms. The predicted octanol–water partition coefficient (Wildman–Crippen LogP) is 1.95. The number of amides is 3. The number of hydrogen-bond donors (Lipinski definition) is 2. The second-order valence-corrected chi connectivity index (χ2v) is 6.83. The van der Waals surface area contributed by atoms with E-state index in [9.17, 15) is 9.59 Å². The molecule has 2 aromatic heterocycles. The number of nitrogens with one attached hydrogen (secondary N) is 1. The Balaban J connectivity index is 1.86. The Morgan fingerprint density at radius 3 is 2.90 bits per heavy atom. The number of rotatable bonds is 3. The standard InChI is InChI=1S/C14H15N3O2S2/c15-14(19)16-12(18)8-17-5-3-10-9(4-7-21-10)13(17)11-2-1-6-20-11/h1-2,4,6-7,13H,3,5,8H2,(H3,15,16,18,19)/t13-/m1/s1. The van der Waals surface area contributed by atoms with Gasteiger partial charge in [-0.25, -0.2) is 4.79 Å². The molecular weight excluding hydrogens is 306 g/mol. The molecule has 2 aromatic rings. The average molecular weight is 321 g/mol. The molecule has 0 bridgehead atoms. The third kappa shape index (κ3) is 2.99. The molecule has 0 aliphatic carbocycles. The van der Waals surface area contributed by atoms with Crippen molar-refractivity contribution in [3.05, 3.63) is 44.3 Å². The summed E-state index contributed by atoms with van der Waals surface area (Å²) in [6.45, 7) is 0.961. The number of imide groups is 1. The summed E-state index contributed by atoms with van der Waals surface area (Å²) in [5, 5.41) is 6.27. The van der Waals surface area contributed by atoms with Gasteiger partial charge in [0.05, 0.1) is 12.6 Å². The molecule has 0 spiro atoms. The summed E-state index contributed by atoms with van der Waals surface area (Å²) < 4.78 is 0. The van der Waals surface area contributed by atoms with E-state index in [-0.39, 0.29) is 18.5 Å².